The van der Waals surface area contributed by atoms with Gasteiger partial charge in [-0.05, 0) is 59.0 Å². The largest absolute Gasteiger partial charge is 0.351 e. The molecule has 0 unspecified atom stereocenters. The van der Waals surface area contributed by atoms with Crippen LogP contribution in [0.2, 0.25) is 0 Å². The first-order valence-corrected chi connectivity index (χ1v) is 8.04. The van der Waals surface area contributed by atoms with Crippen LogP contribution in [-0.2, 0) is 0 Å². The van der Waals surface area contributed by atoms with E-state index in [0.717, 1.165) is 9.32 Å². The summed E-state index contributed by atoms with van der Waals surface area (Å²) in [4.78, 5) is 13.1. The average molecular weight is 383 g/mol. The Morgan fingerprint density at radius 1 is 1.05 bits per heavy atom. The van der Waals surface area contributed by atoms with Crippen LogP contribution in [0.25, 0.3) is 0 Å². The molecule has 1 N–H and O–H groups in total. The van der Waals surface area contributed by atoms with Gasteiger partial charge in [0.2, 0.25) is 0 Å². The monoisotopic (exact) mass is 383 g/mol. The van der Waals surface area contributed by atoms with E-state index in [4.69, 9.17) is 0 Å². The third-order valence-corrected chi connectivity index (χ3v) is 4.24. The second-order valence-corrected chi connectivity index (χ2v) is 6.34. The van der Waals surface area contributed by atoms with E-state index in [1.807, 2.05) is 42.5 Å². The summed E-state index contributed by atoms with van der Waals surface area (Å²) >= 11 is 3.97. The van der Waals surface area contributed by atoms with Gasteiger partial charge in [-0.1, -0.05) is 18.2 Å². The fraction of sp³-hybridized carbons (Fsp3) is 0.133. The highest BCUT2D eigenvalue weighted by Gasteiger charge is 2.03. The van der Waals surface area contributed by atoms with Gasteiger partial charge in [0.15, 0.2) is 0 Å². The maximum absolute atomic E-state index is 11.8. The van der Waals surface area contributed by atoms with E-state index in [2.05, 4.69) is 40.0 Å². The lowest BCUT2D eigenvalue weighted by Gasteiger charge is -2.05. The third-order valence-electron chi connectivity index (χ3n) is 2.51. The van der Waals surface area contributed by atoms with Gasteiger partial charge in [-0.3, -0.25) is 4.79 Å². The smallest absolute Gasteiger partial charge is 0.251 e. The molecular weight excluding hydrogens is 369 g/mol. The fourth-order valence-electron chi connectivity index (χ4n) is 1.55. The normalized spacial score (nSPS) is 10.2. The van der Waals surface area contributed by atoms with Gasteiger partial charge >= 0.3 is 0 Å². The van der Waals surface area contributed by atoms with E-state index in [0.29, 0.717) is 12.1 Å². The Labute approximate surface area is 131 Å². The van der Waals surface area contributed by atoms with Crippen molar-refractivity contribution in [1.82, 2.24) is 5.32 Å². The zero-order valence-electron chi connectivity index (χ0n) is 10.3. The molecule has 2 aromatic carbocycles. The Morgan fingerprint density at radius 2 is 1.74 bits per heavy atom. The molecule has 0 aliphatic rings. The van der Waals surface area contributed by atoms with Crippen LogP contribution >= 0.6 is 34.4 Å². The summed E-state index contributed by atoms with van der Waals surface area (Å²) < 4.78 is 1.13. The van der Waals surface area contributed by atoms with Crippen LogP contribution in [0.3, 0.4) is 0 Å². The molecule has 2 nitrogen and oxygen atoms in total. The van der Waals surface area contributed by atoms with Crippen LogP contribution in [0, 0.1) is 3.57 Å². The van der Waals surface area contributed by atoms with Gasteiger partial charge < -0.3 is 5.32 Å². The van der Waals surface area contributed by atoms with Crippen molar-refractivity contribution >= 4 is 40.3 Å². The van der Waals surface area contributed by atoms with Crippen molar-refractivity contribution in [1.29, 1.82) is 0 Å². The molecule has 0 atom stereocenters. The van der Waals surface area contributed by atoms with Crippen LogP contribution in [0.15, 0.2) is 59.5 Å². The molecule has 0 aromatic heterocycles. The van der Waals surface area contributed by atoms with Crippen molar-refractivity contribution in [2.24, 2.45) is 0 Å². The minimum atomic E-state index is -0.00920. The number of halogens is 1. The molecule has 98 valence electrons. The molecule has 0 spiro atoms. The van der Waals surface area contributed by atoms with E-state index >= 15 is 0 Å². The number of carbonyl (C=O) groups excluding carboxylic acids is 1. The lowest BCUT2D eigenvalue weighted by Crippen LogP contribution is -2.25. The van der Waals surface area contributed by atoms with E-state index in [1.54, 1.807) is 11.8 Å². The second-order valence-electron chi connectivity index (χ2n) is 3.92. The first-order valence-electron chi connectivity index (χ1n) is 5.97. The molecule has 0 saturated heterocycles. The van der Waals surface area contributed by atoms with Gasteiger partial charge in [0.25, 0.3) is 5.91 Å². The van der Waals surface area contributed by atoms with Gasteiger partial charge in [0.05, 0.1) is 0 Å². The summed E-state index contributed by atoms with van der Waals surface area (Å²) in [7, 11) is 0. The number of carbonyl (C=O) groups is 1. The highest BCUT2D eigenvalue weighted by Crippen LogP contribution is 2.15. The second kappa shape index (κ2) is 7.55. The van der Waals surface area contributed by atoms with E-state index in [9.17, 15) is 4.79 Å². The fourth-order valence-corrected chi connectivity index (χ4v) is 2.70. The Bertz CT molecular complexity index is 528. The van der Waals surface area contributed by atoms with Crippen LogP contribution < -0.4 is 5.32 Å². The van der Waals surface area contributed by atoms with Crippen LogP contribution in [0.4, 0.5) is 0 Å². The molecule has 0 fully saturated rings. The summed E-state index contributed by atoms with van der Waals surface area (Å²) in [6.45, 7) is 0.671. The summed E-state index contributed by atoms with van der Waals surface area (Å²) in [6, 6.07) is 17.8. The summed E-state index contributed by atoms with van der Waals surface area (Å²) in [5.74, 6) is 0.866. The first kappa shape index (κ1) is 14.4. The summed E-state index contributed by atoms with van der Waals surface area (Å²) in [6.07, 6.45) is 0. The molecule has 1 amide bonds. The summed E-state index contributed by atoms with van der Waals surface area (Å²) in [5.41, 5.74) is 0.713. The van der Waals surface area contributed by atoms with Crippen molar-refractivity contribution in [3.05, 3.63) is 63.7 Å². The van der Waals surface area contributed by atoms with Gasteiger partial charge in [-0.25, -0.2) is 0 Å². The highest BCUT2D eigenvalue weighted by molar-refractivity contribution is 14.1. The topological polar surface area (TPSA) is 29.1 Å². The minimum Gasteiger partial charge on any atom is -0.351 e. The zero-order valence-corrected chi connectivity index (χ0v) is 13.3. The molecule has 0 aliphatic carbocycles. The maximum Gasteiger partial charge on any atom is 0.251 e. The number of thioether (sulfide) groups is 1. The third kappa shape index (κ3) is 4.87. The number of hydrogen-bond donors (Lipinski definition) is 1. The number of hydrogen-bond acceptors (Lipinski definition) is 2. The average Bonchev–Trinajstić information content (AvgIpc) is 2.45. The van der Waals surface area contributed by atoms with Gasteiger partial charge in [-0.15, -0.1) is 11.8 Å². The Hall–Kier alpha value is -1.01. The van der Waals surface area contributed by atoms with Gasteiger partial charge in [0, 0.05) is 26.3 Å². The molecule has 2 aromatic rings. The van der Waals surface area contributed by atoms with Crippen molar-refractivity contribution in [2.45, 2.75) is 4.90 Å². The summed E-state index contributed by atoms with van der Waals surface area (Å²) in [5, 5.41) is 2.93. The van der Waals surface area contributed by atoms with Crippen molar-refractivity contribution < 1.29 is 4.79 Å². The van der Waals surface area contributed by atoms with Crippen LogP contribution in [0.1, 0.15) is 10.4 Å². The van der Waals surface area contributed by atoms with E-state index in [-0.39, 0.29) is 5.91 Å². The number of nitrogens with one attached hydrogen (secondary N) is 1. The molecule has 0 radical (unpaired) electrons. The van der Waals surface area contributed by atoms with Gasteiger partial charge in [-0.2, -0.15) is 0 Å². The molecule has 0 heterocycles. The molecular formula is C15H14INOS. The lowest BCUT2D eigenvalue weighted by atomic mass is 10.2. The standard InChI is InChI=1S/C15H14INOS/c16-13-8-6-12(7-9-13)15(18)17-10-11-19-14-4-2-1-3-5-14/h1-9H,10-11H2,(H,17,18). The van der Waals surface area contributed by atoms with Crippen molar-refractivity contribution in [2.75, 3.05) is 12.3 Å². The Kier molecular flexibility index (Phi) is 5.72. The first-order chi connectivity index (χ1) is 9.25. The number of amides is 1. The minimum absolute atomic E-state index is 0.00920. The molecule has 0 saturated carbocycles. The predicted octanol–water partition coefficient (Wildman–Crippen LogP) is 3.81. The van der Waals surface area contributed by atoms with Crippen molar-refractivity contribution in [3.8, 4) is 0 Å². The number of rotatable bonds is 5. The van der Waals surface area contributed by atoms with Gasteiger partial charge in [0.1, 0.15) is 0 Å². The Balaban J connectivity index is 1.74. The molecule has 2 rings (SSSR count). The molecule has 0 bridgehead atoms. The quantitative estimate of drug-likeness (QED) is 0.483. The lowest BCUT2D eigenvalue weighted by molar-refractivity contribution is 0.0956. The highest BCUT2D eigenvalue weighted by atomic mass is 127. The molecule has 0 aliphatic heterocycles. The zero-order chi connectivity index (χ0) is 13.5. The van der Waals surface area contributed by atoms with E-state index < -0.39 is 0 Å². The number of benzene rings is 2. The molecule has 4 heteroatoms. The van der Waals surface area contributed by atoms with Crippen molar-refractivity contribution in [3.63, 3.8) is 0 Å². The Morgan fingerprint density at radius 3 is 2.42 bits per heavy atom. The maximum atomic E-state index is 11.8. The SMILES string of the molecule is O=C(NCCSc1ccccc1)c1ccc(I)cc1. The van der Waals surface area contributed by atoms with Crippen LogP contribution in [0.5, 0.6) is 0 Å². The van der Waals surface area contributed by atoms with Crippen LogP contribution in [-0.4, -0.2) is 18.2 Å². The molecule has 19 heavy (non-hydrogen) atoms. The predicted molar refractivity (Wildman–Crippen MR) is 88.7 cm³/mol. The van der Waals surface area contributed by atoms with E-state index in [1.165, 1.54) is 4.90 Å².